The average Bonchev–Trinajstić information content (AvgIpc) is 2.40. The summed E-state index contributed by atoms with van der Waals surface area (Å²) in [7, 11) is 1.59. The number of carbonyl (C=O) groups excluding carboxylic acids is 1. The van der Waals surface area contributed by atoms with Gasteiger partial charge in [-0.25, -0.2) is 0 Å². The van der Waals surface area contributed by atoms with E-state index in [1.807, 2.05) is 30.3 Å². The largest absolute Gasteiger partial charge is 0.497 e. The second kappa shape index (κ2) is 6.91. The van der Waals surface area contributed by atoms with E-state index in [-0.39, 0.29) is 5.91 Å². The van der Waals surface area contributed by atoms with Crippen molar-refractivity contribution in [1.29, 1.82) is 0 Å². The maximum absolute atomic E-state index is 12.3. The summed E-state index contributed by atoms with van der Waals surface area (Å²) >= 11 is 8.95. The monoisotopic (exact) mass is 509 g/mol. The van der Waals surface area contributed by atoms with E-state index in [1.165, 1.54) is 0 Å². The number of hydrogen-bond donors (Lipinski definition) is 1. The Morgan fingerprint density at radius 2 is 1.95 bits per heavy atom. The molecule has 2 aromatic carbocycles. The van der Waals surface area contributed by atoms with Crippen LogP contribution in [0.1, 0.15) is 10.4 Å². The van der Waals surface area contributed by atoms with Crippen molar-refractivity contribution < 1.29 is 9.53 Å². The van der Waals surface area contributed by atoms with Gasteiger partial charge in [0.25, 0.3) is 5.91 Å². The first-order valence-electron chi connectivity index (χ1n) is 5.60. The number of nitrogens with one attached hydrogen (secondary N) is 1. The normalized spacial score (nSPS) is 10.2. The molecule has 0 atom stereocenters. The van der Waals surface area contributed by atoms with Gasteiger partial charge in [0.1, 0.15) is 5.75 Å². The van der Waals surface area contributed by atoms with Crippen LogP contribution in [0.2, 0.25) is 0 Å². The minimum Gasteiger partial charge on any atom is -0.497 e. The minimum absolute atomic E-state index is 0.171. The summed E-state index contributed by atoms with van der Waals surface area (Å²) in [5.74, 6) is 0.506. The highest BCUT2D eigenvalue weighted by Crippen LogP contribution is 2.26. The van der Waals surface area contributed by atoms with Crippen molar-refractivity contribution in [3.8, 4) is 5.75 Å². The molecule has 0 spiro atoms. The third-order valence-corrected chi connectivity index (χ3v) is 4.36. The third-order valence-electron chi connectivity index (χ3n) is 2.54. The lowest BCUT2D eigenvalue weighted by Gasteiger charge is -2.09. The van der Waals surface area contributed by atoms with Crippen LogP contribution in [0, 0.1) is 3.57 Å². The van der Waals surface area contributed by atoms with Crippen molar-refractivity contribution in [2.45, 2.75) is 0 Å². The van der Waals surface area contributed by atoms with Gasteiger partial charge in [-0.3, -0.25) is 4.79 Å². The van der Waals surface area contributed by atoms with Crippen LogP contribution in [-0.2, 0) is 0 Å². The molecule has 6 heteroatoms. The summed E-state index contributed by atoms with van der Waals surface area (Å²) in [4.78, 5) is 12.3. The minimum atomic E-state index is -0.171. The topological polar surface area (TPSA) is 38.3 Å². The molecule has 0 radical (unpaired) electrons. The zero-order valence-electron chi connectivity index (χ0n) is 10.4. The van der Waals surface area contributed by atoms with E-state index in [9.17, 15) is 4.79 Å². The average molecular weight is 511 g/mol. The highest BCUT2D eigenvalue weighted by Gasteiger charge is 2.11. The number of anilines is 1. The lowest BCUT2D eigenvalue weighted by Crippen LogP contribution is -2.13. The number of carbonyl (C=O) groups is 1. The number of ether oxygens (including phenoxy) is 1. The van der Waals surface area contributed by atoms with Crippen molar-refractivity contribution in [2.75, 3.05) is 12.4 Å². The Morgan fingerprint density at radius 3 is 2.65 bits per heavy atom. The fraction of sp³-hybridized carbons (Fsp3) is 0.0714. The number of amides is 1. The fourth-order valence-electron chi connectivity index (χ4n) is 1.62. The molecule has 0 aliphatic heterocycles. The molecule has 2 aromatic rings. The van der Waals surface area contributed by atoms with E-state index in [2.05, 4.69) is 59.8 Å². The molecule has 0 saturated carbocycles. The van der Waals surface area contributed by atoms with Gasteiger partial charge >= 0.3 is 0 Å². The Morgan fingerprint density at radius 1 is 1.20 bits per heavy atom. The molecule has 104 valence electrons. The van der Waals surface area contributed by atoms with Gasteiger partial charge in [0.15, 0.2) is 0 Å². The molecule has 0 heterocycles. The maximum Gasteiger partial charge on any atom is 0.256 e. The second-order valence-electron chi connectivity index (χ2n) is 3.96. The van der Waals surface area contributed by atoms with Crippen LogP contribution in [0.25, 0.3) is 0 Å². The molecule has 0 fully saturated rings. The van der Waals surface area contributed by atoms with Crippen LogP contribution in [0.4, 0.5) is 5.69 Å². The number of hydrogen-bond acceptors (Lipinski definition) is 2. The van der Waals surface area contributed by atoms with E-state index in [0.717, 1.165) is 12.5 Å². The summed E-state index contributed by atoms with van der Waals surface area (Å²) in [6.07, 6.45) is 0. The first-order chi connectivity index (χ1) is 9.49. The van der Waals surface area contributed by atoms with Crippen LogP contribution in [0.15, 0.2) is 45.3 Å². The van der Waals surface area contributed by atoms with Gasteiger partial charge < -0.3 is 10.1 Å². The fourth-order valence-corrected chi connectivity index (χ4v) is 3.01. The van der Waals surface area contributed by atoms with Crippen molar-refractivity contribution in [1.82, 2.24) is 0 Å². The van der Waals surface area contributed by atoms with Crippen LogP contribution in [-0.4, -0.2) is 13.0 Å². The van der Waals surface area contributed by atoms with Crippen molar-refractivity contribution in [3.63, 3.8) is 0 Å². The number of halogens is 3. The first-order valence-corrected chi connectivity index (χ1v) is 8.27. The number of rotatable bonds is 3. The molecule has 0 saturated heterocycles. The lowest BCUT2D eigenvalue weighted by atomic mass is 10.2. The van der Waals surface area contributed by atoms with Gasteiger partial charge in [0, 0.05) is 24.3 Å². The Hall–Kier alpha value is -0.600. The Bertz CT molecular complexity index is 662. The molecule has 0 bridgehead atoms. The van der Waals surface area contributed by atoms with Gasteiger partial charge in [-0.15, -0.1) is 0 Å². The zero-order chi connectivity index (χ0) is 14.7. The van der Waals surface area contributed by atoms with Gasteiger partial charge in [0.2, 0.25) is 0 Å². The molecule has 3 nitrogen and oxygen atoms in total. The highest BCUT2D eigenvalue weighted by atomic mass is 127. The molecular formula is C14H10Br2INO2. The molecule has 2 rings (SSSR count). The summed E-state index contributed by atoms with van der Waals surface area (Å²) in [5, 5.41) is 2.86. The molecule has 0 aliphatic carbocycles. The summed E-state index contributed by atoms with van der Waals surface area (Å²) in [6.45, 7) is 0. The Labute approximate surface area is 147 Å². The van der Waals surface area contributed by atoms with Gasteiger partial charge in [-0.2, -0.15) is 0 Å². The predicted octanol–water partition coefficient (Wildman–Crippen LogP) is 5.08. The van der Waals surface area contributed by atoms with Crippen LogP contribution in [0.5, 0.6) is 5.75 Å². The zero-order valence-corrected chi connectivity index (χ0v) is 15.7. The van der Waals surface area contributed by atoms with Crippen LogP contribution < -0.4 is 10.1 Å². The molecule has 20 heavy (non-hydrogen) atoms. The first kappa shape index (κ1) is 15.8. The van der Waals surface area contributed by atoms with Crippen LogP contribution >= 0.6 is 54.5 Å². The van der Waals surface area contributed by atoms with E-state index < -0.39 is 0 Å². The third kappa shape index (κ3) is 3.95. The number of methoxy groups -OCH3 is 1. The number of benzene rings is 2. The maximum atomic E-state index is 12.3. The molecule has 0 aliphatic rings. The smallest absolute Gasteiger partial charge is 0.256 e. The Kier molecular flexibility index (Phi) is 5.45. The van der Waals surface area contributed by atoms with Gasteiger partial charge in [0.05, 0.1) is 12.7 Å². The van der Waals surface area contributed by atoms with Gasteiger partial charge in [-0.1, -0.05) is 15.9 Å². The SMILES string of the molecule is COc1cc(Br)cc(NC(=O)c2cc(I)ccc2Br)c1. The molecule has 0 aromatic heterocycles. The quantitative estimate of drug-likeness (QED) is 0.585. The summed E-state index contributed by atoms with van der Waals surface area (Å²) in [6, 6.07) is 11.0. The molecule has 1 N–H and O–H groups in total. The Balaban J connectivity index is 2.27. The lowest BCUT2D eigenvalue weighted by molar-refractivity contribution is 0.102. The van der Waals surface area contributed by atoms with E-state index in [0.29, 0.717) is 17.0 Å². The molecular weight excluding hydrogens is 501 g/mol. The van der Waals surface area contributed by atoms with Crippen molar-refractivity contribution >= 4 is 66.0 Å². The van der Waals surface area contributed by atoms with E-state index in [1.54, 1.807) is 13.2 Å². The molecule has 0 unspecified atom stereocenters. The van der Waals surface area contributed by atoms with Gasteiger partial charge in [-0.05, 0) is 68.9 Å². The summed E-state index contributed by atoms with van der Waals surface area (Å²) < 4.78 is 7.78. The highest BCUT2D eigenvalue weighted by molar-refractivity contribution is 14.1. The second-order valence-corrected chi connectivity index (χ2v) is 6.97. The van der Waals surface area contributed by atoms with E-state index >= 15 is 0 Å². The predicted molar refractivity (Wildman–Crippen MR) is 95.5 cm³/mol. The van der Waals surface area contributed by atoms with Crippen LogP contribution in [0.3, 0.4) is 0 Å². The standard InChI is InChI=1S/C14H10Br2INO2/c1-20-11-5-8(15)4-10(7-11)18-14(19)12-6-9(17)2-3-13(12)16/h2-7H,1H3,(H,18,19). The molecule has 1 amide bonds. The summed E-state index contributed by atoms with van der Waals surface area (Å²) in [5.41, 5.74) is 1.27. The van der Waals surface area contributed by atoms with Crippen molar-refractivity contribution in [3.05, 3.63) is 54.5 Å². The van der Waals surface area contributed by atoms with Crippen molar-refractivity contribution in [2.24, 2.45) is 0 Å². The van der Waals surface area contributed by atoms with E-state index in [4.69, 9.17) is 4.74 Å².